The molecule has 0 aromatic heterocycles. The van der Waals surface area contributed by atoms with Gasteiger partial charge in [0.05, 0.1) is 0 Å². The van der Waals surface area contributed by atoms with E-state index >= 15 is 0 Å². The minimum Gasteiger partial charge on any atom is -0.0616 e. The summed E-state index contributed by atoms with van der Waals surface area (Å²) in [7, 11) is 0. The lowest BCUT2D eigenvalue weighted by Crippen LogP contribution is -1.87. The van der Waals surface area contributed by atoms with E-state index in [4.69, 9.17) is 0 Å². The van der Waals surface area contributed by atoms with Crippen LogP contribution in [-0.4, -0.2) is 0 Å². The average Bonchev–Trinajstić information content (AvgIpc) is 2.94. The third-order valence-corrected chi connectivity index (χ3v) is 8.25. The Morgan fingerprint density at radius 1 is 0.316 bits per heavy atom. The monoisotopic (exact) mass is 486 g/mol. The first-order chi connectivity index (χ1) is 18.5. The lowest BCUT2D eigenvalue weighted by Gasteiger charge is -2.13. The molecule has 0 radical (unpaired) electrons. The van der Waals surface area contributed by atoms with Gasteiger partial charge in [-0.1, -0.05) is 120 Å². The van der Waals surface area contributed by atoms with Crippen LogP contribution in [0.5, 0.6) is 0 Å². The number of benzene rings is 8. The fourth-order valence-electron chi connectivity index (χ4n) is 6.28. The molecule has 182 valence electrons. The fourth-order valence-corrected chi connectivity index (χ4v) is 6.28. The average molecular weight is 487 g/mol. The van der Waals surface area contributed by atoms with Gasteiger partial charge in [-0.2, -0.15) is 0 Å². The summed E-state index contributed by atoms with van der Waals surface area (Å²) >= 11 is 0. The van der Waals surface area contributed by atoms with Gasteiger partial charge >= 0.3 is 0 Å². The molecule has 0 fully saturated rings. The van der Waals surface area contributed by atoms with Crippen molar-refractivity contribution in [2.24, 2.45) is 0 Å². The van der Waals surface area contributed by atoms with Gasteiger partial charge in [0.15, 0.2) is 0 Å². The molecule has 0 bridgehead atoms. The van der Waals surface area contributed by atoms with Crippen LogP contribution in [0.2, 0.25) is 0 Å². The highest BCUT2D eigenvalue weighted by atomic mass is 14.1. The van der Waals surface area contributed by atoms with Crippen LogP contribution in [0.25, 0.3) is 64.6 Å². The maximum Gasteiger partial charge on any atom is -0.00240 e. The Bertz CT molecular complexity index is 1980. The molecule has 0 saturated heterocycles. The molecule has 0 spiro atoms. The summed E-state index contributed by atoms with van der Waals surface area (Å²) in [5.74, 6) is 0. The van der Waals surface area contributed by atoms with Gasteiger partial charge in [0.1, 0.15) is 0 Å². The lowest BCUT2D eigenvalue weighted by atomic mass is 9.91. The molecule has 8 aromatic carbocycles. The van der Waals surface area contributed by atoms with Crippen molar-refractivity contribution in [1.82, 2.24) is 0 Å². The number of fused-ring (bicyclic) bond motifs is 6. The van der Waals surface area contributed by atoms with Gasteiger partial charge in [-0.15, -0.1) is 0 Å². The highest BCUT2D eigenvalue weighted by Gasteiger charge is 2.10. The van der Waals surface area contributed by atoms with Crippen molar-refractivity contribution in [1.29, 1.82) is 0 Å². The molecule has 0 nitrogen and oxygen atoms in total. The van der Waals surface area contributed by atoms with Gasteiger partial charge < -0.3 is 0 Å². The molecular weight excluding hydrogens is 456 g/mol. The summed E-state index contributed by atoms with van der Waals surface area (Å²) in [6, 6.07) is 40.2. The van der Waals surface area contributed by atoms with Crippen LogP contribution >= 0.6 is 0 Å². The zero-order valence-corrected chi connectivity index (χ0v) is 22.4. The molecule has 0 aliphatic rings. The third-order valence-electron chi connectivity index (χ3n) is 8.25. The summed E-state index contributed by atoms with van der Waals surface area (Å²) in [4.78, 5) is 0. The van der Waals surface area contributed by atoms with Crippen LogP contribution in [0.15, 0.2) is 109 Å². The predicted molar refractivity (Wildman–Crippen MR) is 168 cm³/mol. The molecule has 0 heteroatoms. The van der Waals surface area contributed by atoms with E-state index in [0.29, 0.717) is 0 Å². The maximum absolute atomic E-state index is 2.30. The van der Waals surface area contributed by atoms with Crippen LogP contribution < -0.4 is 0 Å². The summed E-state index contributed by atoms with van der Waals surface area (Å²) < 4.78 is 0. The van der Waals surface area contributed by atoms with Crippen molar-refractivity contribution < 1.29 is 0 Å². The summed E-state index contributed by atoms with van der Waals surface area (Å²) in [5.41, 5.74) is 5.35. The van der Waals surface area contributed by atoms with Crippen LogP contribution in [0, 0.1) is 27.7 Å². The smallest absolute Gasteiger partial charge is 0.00240 e. The van der Waals surface area contributed by atoms with E-state index in [2.05, 4.69) is 137 Å². The van der Waals surface area contributed by atoms with Gasteiger partial charge in [-0.3, -0.25) is 0 Å². The normalized spacial score (nSPS) is 11.7. The molecule has 0 unspecified atom stereocenters. The number of hydrogen-bond donors (Lipinski definition) is 0. The second-order valence-electron chi connectivity index (χ2n) is 10.8. The zero-order chi connectivity index (χ0) is 26.0. The molecule has 8 aromatic rings. The predicted octanol–water partition coefficient (Wildman–Crippen LogP) is 11.0. The Hall–Kier alpha value is -4.42. The first-order valence-electron chi connectivity index (χ1n) is 13.4. The van der Waals surface area contributed by atoms with Gasteiger partial charge in [-0.25, -0.2) is 0 Å². The topological polar surface area (TPSA) is 0 Å². The summed E-state index contributed by atoms with van der Waals surface area (Å²) in [6.07, 6.45) is 0. The van der Waals surface area contributed by atoms with Gasteiger partial charge in [0.2, 0.25) is 0 Å². The van der Waals surface area contributed by atoms with E-state index in [0.717, 1.165) is 0 Å². The van der Waals surface area contributed by atoms with Gasteiger partial charge in [-0.05, 0) is 103 Å². The molecule has 0 atom stereocenters. The fraction of sp³-hybridized carbons (Fsp3) is 0.105. The molecule has 38 heavy (non-hydrogen) atoms. The van der Waals surface area contributed by atoms with Crippen LogP contribution in [-0.2, 0) is 0 Å². The van der Waals surface area contributed by atoms with Crippen molar-refractivity contribution in [2.75, 3.05) is 0 Å². The molecular formula is C38H30. The van der Waals surface area contributed by atoms with Crippen molar-refractivity contribution in [3.05, 3.63) is 131 Å². The quantitative estimate of drug-likeness (QED) is 0.187. The van der Waals surface area contributed by atoms with Crippen molar-refractivity contribution in [3.63, 3.8) is 0 Å². The van der Waals surface area contributed by atoms with E-state index in [1.54, 1.807) is 0 Å². The van der Waals surface area contributed by atoms with Gasteiger partial charge in [0.25, 0.3) is 0 Å². The minimum absolute atomic E-state index is 1.31. The standard InChI is InChI=1S/C20H16.C18H14/c1-13-7-9-17-18-10-8-14(2)12-20(18)16-6-4-3-5-15(16)19(17)11-13;1-11-3-5-13-8-10-16-12(2)4-6-14-7-9-15(11)17(13)18(14)16/h3-12H,1-2H3;3-10H,1-2H3. The highest BCUT2D eigenvalue weighted by molar-refractivity contribution is 6.26. The second kappa shape index (κ2) is 8.57. The zero-order valence-electron chi connectivity index (χ0n) is 22.4. The Kier molecular flexibility index (Phi) is 5.13. The van der Waals surface area contributed by atoms with E-state index in [1.165, 1.54) is 86.9 Å². The molecule has 0 amide bonds. The Morgan fingerprint density at radius 2 is 0.684 bits per heavy atom. The van der Waals surface area contributed by atoms with E-state index in [-0.39, 0.29) is 0 Å². The number of hydrogen-bond acceptors (Lipinski definition) is 0. The highest BCUT2D eigenvalue weighted by Crippen LogP contribution is 2.37. The number of rotatable bonds is 0. The first-order valence-corrected chi connectivity index (χ1v) is 13.4. The molecule has 0 N–H and O–H groups in total. The first kappa shape index (κ1) is 22.8. The van der Waals surface area contributed by atoms with E-state index in [9.17, 15) is 0 Å². The minimum atomic E-state index is 1.31. The molecule has 0 aliphatic heterocycles. The van der Waals surface area contributed by atoms with Crippen molar-refractivity contribution in [3.8, 4) is 0 Å². The van der Waals surface area contributed by atoms with E-state index < -0.39 is 0 Å². The Morgan fingerprint density at radius 3 is 1.13 bits per heavy atom. The maximum atomic E-state index is 2.30. The molecule has 8 rings (SSSR count). The summed E-state index contributed by atoms with van der Waals surface area (Å²) in [6.45, 7) is 8.71. The number of aryl methyl sites for hydroxylation is 4. The van der Waals surface area contributed by atoms with Crippen molar-refractivity contribution in [2.45, 2.75) is 27.7 Å². The van der Waals surface area contributed by atoms with Crippen LogP contribution in [0.4, 0.5) is 0 Å². The molecule has 0 heterocycles. The SMILES string of the molecule is Cc1ccc2c3ccc(C)cc3c3ccccc3c2c1.Cc1ccc2ccc3c(C)ccc4ccc1c2c43. The summed E-state index contributed by atoms with van der Waals surface area (Å²) in [5, 5.41) is 16.4. The lowest BCUT2D eigenvalue weighted by molar-refractivity contribution is 1.50. The largest absolute Gasteiger partial charge is 0.0616 e. The van der Waals surface area contributed by atoms with E-state index in [1.807, 2.05) is 0 Å². The Labute approximate surface area is 223 Å². The second-order valence-corrected chi connectivity index (χ2v) is 10.8. The molecule has 0 aliphatic carbocycles. The third kappa shape index (κ3) is 3.45. The van der Waals surface area contributed by atoms with Crippen LogP contribution in [0.3, 0.4) is 0 Å². The van der Waals surface area contributed by atoms with Crippen molar-refractivity contribution >= 4 is 64.6 Å². The Balaban J connectivity index is 0.000000128. The van der Waals surface area contributed by atoms with Gasteiger partial charge in [0, 0.05) is 0 Å². The molecule has 0 saturated carbocycles. The van der Waals surface area contributed by atoms with Crippen LogP contribution in [0.1, 0.15) is 22.3 Å².